The van der Waals surface area contributed by atoms with Crippen molar-refractivity contribution in [2.75, 3.05) is 0 Å². The number of hydrogen-bond acceptors (Lipinski definition) is 0. The Morgan fingerprint density at radius 2 is 1.52 bits per heavy atom. The first-order valence-electron chi connectivity index (χ1n) is 10.8. The lowest BCUT2D eigenvalue weighted by Gasteiger charge is -2.33. The molecule has 0 unspecified atom stereocenters. The van der Waals surface area contributed by atoms with E-state index in [0.717, 1.165) is 11.8 Å². The topological polar surface area (TPSA) is 0 Å². The van der Waals surface area contributed by atoms with Gasteiger partial charge in [-0.3, -0.25) is 0 Å². The first-order valence-corrected chi connectivity index (χ1v) is 10.8. The van der Waals surface area contributed by atoms with Crippen LogP contribution in [0.3, 0.4) is 0 Å². The smallest absolute Gasteiger partial charge is 0.0314 e. The van der Waals surface area contributed by atoms with E-state index in [1.54, 1.807) is 0 Å². The summed E-state index contributed by atoms with van der Waals surface area (Å²) in [5, 5.41) is 0. The molecule has 0 spiro atoms. The Hall–Kier alpha value is -0.440. The summed E-state index contributed by atoms with van der Waals surface area (Å²) in [7, 11) is 0. The summed E-state index contributed by atoms with van der Waals surface area (Å²) in [6.07, 6.45) is 22.5. The lowest BCUT2D eigenvalue weighted by Crippen LogP contribution is -2.23. The van der Waals surface area contributed by atoms with Crippen LogP contribution in [-0.2, 0) is 0 Å². The van der Waals surface area contributed by atoms with Gasteiger partial charge in [0.1, 0.15) is 0 Å². The zero-order chi connectivity index (χ0) is 16.4. The molecule has 0 aromatic heterocycles. The molecule has 0 heterocycles. The lowest BCUT2D eigenvalue weighted by atomic mass is 9.71. The van der Waals surface area contributed by atoms with Crippen LogP contribution in [0, 0.1) is 29.1 Å². The van der Waals surface area contributed by atoms with Crippen LogP contribution in [0.5, 0.6) is 0 Å². The molecule has 0 aromatic carbocycles. The van der Waals surface area contributed by atoms with E-state index in [2.05, 4.69) is 25.7 Å². The minimum Gasteiger partial charge on any atom is -0.0993 e. The SMILES string of the molecule is CCCCC[C@H]1CC[C@H](C#CC2(CCCC)CCCCC2)CC1. The van der Waals surface area contributed by atoms with Crippen LogP contribution < -0.4 is 0 Å². The van der Waals surface area contributed by atoms with Gasteiger partial charge in [-0.05, 0) is 50.9 Å². The average molecular weight is 317 g/mol. The molecule has 0 aromatic rings. The van der Waals surface area contributed by atoms with Crippen molar-refractivity contribution in [3.63, 3.8) is 0 Å². The quantitative estimate of drug-likeness (QED) is 0.336. The van der Waals surface area contributed by atoms with Crippen LogP contribution in [0.1, 0.15) is 117 Å². The summed E-state index contributed by atoms with van der Waals surface area (Å²) in [6, 6.07) is 0. The first-order chi connectivity index (χ1) is 11.3. The van der Waals surface area contributed by atoms with Crippen molar-refractivity contribution >= 4 is 0 Å². The molecule has 2 fully saturated rings. The molecule has 0 aliphatic heterocycles. The van der Waals surface area contributed by atoms with Crippen LogP contribution in [0.4, 0.5) is 0 Å². The first kappa shape index (κ1) is 18.9. The molecule has 0 bridgehead atoms. The summed E-state index contributed by atoms with van der Waals surface area (Å²) in [4.78, 5) is 0. The van der Waals surface area contributed by atoms with Gasteiger partial charge < -0.3 is 0 Å². The molecule has 0 nitrogen and oxygen atoms in total. The molecular formula is C23H40. The van der Waals surface area contributed by atoms with Crippen molar-refractivity contribution in [3.8, 4) is 11.8 Å². The fraction of sp³-hybridized carbons (Fsp3) is 0.913. The highest BCUT2D eigenvalue weighted by Gasteiger charge is 2.29. The molecular weight excluding hydrogens is 276 g/mol. The molecule has 0 heteroatoms. The summed E-state index contributed by atoms with van der Waals surface area (Å²) in [6.45, 7) is 4.63. The molecule has 0 atom stereocenters. The maximum Gasteiger partial charge on any atom is 0.0314 e. The van der Waals surface area contributed by atoms with E-state index in [0.29, 0.717) is 5.41 Å². The van der Waals surface area contributed by atoms with Gasteiger partial charge >= 0.3 is 0 Å². The van der Waals surface area contributed by atoms with Crippen molar-refractivity contribution in [1.29, 1.82) is 0 Å². The largest absolute Gasteiger partial charge is 0.0993 e. The Morgan fingerprint density at radius 3 is 2.17 bits per heavy atom. The minimum atomic E-state index is 0.409. The van der Waals surface area contributed by atoms with Crippen molar-refractivity contribution in [3.05, 3.63) is 0 Å². The standard InChI is InChI=1S/C23H40/c1-3-5-8-11-21-12-14-22(15-13-21)16-20-23(17-6-4-2)18-9-7-10-19-23/h21-22H,3-15,17-19H2,1-2H3/t21-,22-. The Kier molecular flexibility index (Phi) is 8.57. The second-order valence-corrected chi connectivity index (χ2v) is 8.43. The Labute approximate surface area is 146 Å². The van der Waals surface area contributed by atoms with Gasteiger partial charge in [-0.2, -0.15) is 0 Å². The maximum atomic E-state index is 3.86. The summed E-state index contributed by atoms with van der Waals surface area (Å²) in [5.41, 5.74) is 0.409. The third-order valence-corrected chi connectivity index (χ3v) is 6.42. The molecule has 132 valence electrons. The highest BCUT2D eigenvalue weighted by molar-refractivity contribution is 5.15. The number of hydrogen-bond donors (Lipinski definition) is 0. The van der Waals surface area contributed by atoms with Gasteiger partial charge in [-0.15, -0.1) is 0 Å². The molecule has 2 aliphatic carbocycles. The molecule has 2 aliphatic rings. The van der Waals surface area contributed by atoms with E-state index >= 15 is 0 Å². The predicted octanol–water partition coefficient (Wildman–Crippen LogP) is 7.52. The third kappa shape index (κ3) is 6.52. The zero-order valence-corrected chi connectivity index (χ0v) is 16.0. The average Bonchev–Trinajstić information content (AvgIpc) is 2.60. The van der Waals surface area contributed by atoms with Crippen molar-refractivity contribution in [1.82, 2.24) is 0 Å². The molecule has 0 amide bonds. The van der Waals surface area contributed by atoms with E-state index in [9.17, 15) is 0 Å². The fourth-order valence-corrected chi connectivity index (χ4v) is 4.71. The maximum absolute atomic E-state index is 3.86. The third-order valence-electron chi connectivity index (χ3n) is 6.42. The van der Waals surface area contributed by atoms with Crippen molar-refractivity contribution in [2.24, 2.45) is 17.3 Å². The van der Waals surface area contributed by atoms with Gasteiger partial charge in [0.05, 0.1) is 0 Å². The Balaban J connectivity index is 1.80. The monoisotopic (exact) mass is 316 g/mol. The van der Waals surface area contributed by atoms with Crippen LogP contribution in [0.15, 0.2) is 0 Å². The normalized spacial score (nSPS) is 27.2. The summed E-state index contributed by atoms with van der Waals surface area (Å²) in [5.74, 6) is 9.37. The van der Waals surface area contributed by atoms with Crippen molar-refractivity contribution in [2.45, 2.75) is 117 Å². The van der Waals surface area contributed by atoms with Crippen LogP contribution in [0.25, 0.3) is 0 Å². The molecule has 0 N–H and O–H groups in total. The van der Waals surface area contributed by atoms with Gasteiger partial charge in [0.2, 0.25) is 0 Å². The second kappa shape index (κ2) is 10.4. The van der Waals surface area contributed by atoms with Gasteiger partial charge in [0, 0.05) is 11.3 Å². The van der Waals surface area contributed by atoms with Gasteiger partial charge in [-0.25, -0.2) is 0 Å². The van der Waals surface area contributed by atoms with Gasteiger partial charge in [0.15, 0.2) is 0 Å². The van der Waals surface area contributed by atoms with E-state index in [1.807, 2.05) is 0 Å². The fourth-order valence-electron chi connectivity index (χ4n) is 4.71. The molecule has 0 radical (unpaired) electrons. The molecule has 0 saturated heterocycles. The number of rotatable bonds is 7. The summed E-state index contributed by atoms with van der Waals surface area (Å²) >= 11 is 0. The Bertz CT molecular complexity index is 355. The van der Waals surface area contributed by atoms with E-state index in [4.69, 9.17) is 0 Å². The summed E-state index contributed by atoms with van der Waals surface area (Å²) < 4.78 is 0. The van der Waals surface area contributed by atoms with Crippen molar-refractivity contribution < 1.29 is 0 Å². The highest BCUT2D eigenvalue weighted by atomic mass is 14.3. The molecule has 2 rings (SSSR count). The highest BCUT2D eigenvalue weighted by Crippen LogP contribution is 2.40. The van der Waals surface area contributed by atoms with E-state index < -0.39 is 0 Å². The minimum absolute atomic E-state index is 0.409. The molecule has 2 saturated carbocycles. The van der Waals surface area contributed by atoms with Gasteiger partial charge in [-0.1, -0.05) is 83.5 Å². The van der Waals surface area contributed by atoms with Gasteiger partial charge in [0.25, 0.3) is 0 Å². The second-order valence-electron chi connectivity index (χ2n) is 8.43. The van der Waals surface area contributed by atoms with Crippen LogP contribution in [0.2, 0.25) is 0 Å². The van der Waals surface area contributed by atoms with Crippen LogP contribution >= 0.6 is 0 Å². The van der Waals surface area contributed by atoms with E-state index in [1.165, 1.54) is 103 Å². The van der Waals surface area contributed by atoms with E-state index in [-0.39, 0.29) is 0 Å². The Morgan fingerprint density at radius 1 is 0.826 bits per heavy atom. The predicted molar refractivity (Wildman–Crippen MR) is 102 cm³/mol. The lowest BCUT2D eigenvalue weighted by molar-refractivity contribution is 0.245. The number of unbranched alkanes of at least 4 members (excludes halogenated alkanes) is 3. The molecule has 23 heavy (non-hydrogen) atoms. The van der Waals surface area contributed by atoms with Crippen LogP contribution in [-0.4, -0.2) is 0 Å². The zero-order valence-electron chi connectivity index (χ0n) is 16.0.